The van der Waals surface area contributed by atoms with Gasteiger partial charge in [-0.15, -0.1) is 0 Å². The third-order valence-electron chi connectivity index (χ3n) is 4.59. The van der Waals surface area contributed by atoms with E-state index in [1.807, 2.05) is 6.92 Å². The van der Waals surface area contributed by atoms with Crippen LogP contribution in [0.4, 0.5) is 0 Å². The third-order valence-corrected chi connectivity index (χ3v) is 4.59. The normalized spacial score (nSPS) is 12.8. The van der Waals surface area contributed by atoms with E-state index in [-0.39, 0.29) is 17.7 Å². The zero-order chi connectivity index (χ0) is 19.6. The van der Waals surface area contributed by atoms with Crippen molar-refractivity contribution in [3.05, 3.63) is 0 Å². The monoisotopic (exact) mass is 367 g/mol. The van der Waals surface area contributed by atoms with Crippen molar-refractivity contribution in [1.82, 2.24) is 5.32 Å². The summed E-state index contributed by atoms with van der Waals surface area (Å²) in [7, 11) is 0. The number of amides is 1. The fourth-order valence-corrected chi connectivity index (χ4v) is 2.97. The molecule has 0 aromatic carbocycles. The second-order valence-electron chi connectivity index (χ2n) is 7.18. The molecular formula is C21H41N3O2. The van der Waals surface area contributed by atoms with Crippen molar-refractivity contribution in [3.63, 3.8) is 0 Å². The van der Waals surface area contributed by atoms with Gasteiger partial charge >= 0.3 is 0 Å². The molecule has 0 saturated heterocycles. The number of hydrogen-bond acceptors (Lipinski definition) is 3. The third kappa shape index (κ3) is 14.9. The summed E-state index contributed by atoms with van der Waals surface area (Å²) >= 11 is 0. The SMILES string of the molecule is CCCCCCCCCCCC(=O)NC(CCCN=C(C)N)C(=O)CC. The largest absolute Gasteiger partial charge is 0.388 e. The van der Waals surface area contributed by atoms with Gasteiger partial charge in [0.1, 0.15) is 0 Å². The van der Waals surface area contributed by atoms with Crippen LogP contribution in [0.3, 0.4) is 0 Å². The highest BCUT2D eigenvalue weighted by molar-refractivity contribution is 5.88. The molecule has 0 radical (unpaired) electrons. The van der Waals surface area contributed by atoms with Gasteiger partial charge in [0, 0.05) is 19.4 Å². The molecule has 0 rings (SSSR count). The second-order valence-corrected chi connectivity index (χ2v) is 7.18. The summed E-state index contributed by atoms with van der Waals surface area (Å²) < 4.78 is 0. The van der Waals surface area contributed by atoms with Crippen molar-refractivity contribution < 1.29 is 9.59 Å². The van der Waals surface area contributed by atoms with Crippen LogP contribution in [0.1, 0.15) is 104 Å². The number of aliphatic imine (C=N–C) groups is 1. The number of amidine groups is 1. The van der Waals surface area contributed by atoms with Gasteiger partial charge in [-0.05, 0) is 26.2 Å². The van der Waals surface area contributed by atoms with Gasteiger partial charge in [-0.2, -0.15) is 0 Å². The Morgan fingerprint density at radius 1 is 0.923 bits per heavy atom. The minimum absolute atomic E-state index is 0.00162. The molecule has 1 unspecified atom stereocenters. The van der Waals surface area contributed by atoms with Gasteiger partial charge in [0.05, 0.1) is 11.9 Å². The van der Waals surface area contributed by atoms with E-state index in [1.165, 1.54) is 44.9 Å². The maximum atomic E-state index is 12.1. The highest BCUT2D eigenvalue weighted by atomic mass is 16.2. The maximum Gasteiger partial charge on any atom is 0.220 e. The number of nitrogens with two attached hydrogens (primary N) is 1. The Hall–Kier alpha value is -1.39. The molecule has 1 amide bonds. The first-order chi connectivity index (χ1) is 12.5. The van der Waals surface area contributed by atoms with Crippen LogP contribution in [0.2, 0.25) is 0 Å². The molecular weight excluding hydrogens is 326 g/mol. The number of hydrogen-bond donors (Lipinski definition) is 2. The minimum atomic E-state index is -0.376. The zero-order valence-corrected chi connectivity index (χ0v) is 17.3. The molecule has 0 saturated carbocycles. The minimum Gasteiger partial charge on any atom is -0.388 e. The average molecular weight is 368 g/mol. The molecule has 152 valence electrons. The van der Waals surface area contributed by atoms with Crippen LogP contribution in [0, 0.1) is 0 Å². The van der Waals surface area contributed by atoms with Crippen LogP contribution in [0.25, 0.3) is 0 Å². The van der Waals surface area contributed by atoms with E-state index in [4.69, 9.17) is 5.73 Å². The van der Waals surface area contributed by atoms with Gasteiger partial charge in [0.15, 0.2) is 5.78 Å². The van der Waals surface area contributed by atoms with Crippen LogP contribution >= 0.6 is 0 Å². The molecule has 0 aliphatic rings. The first-order valence-electron chi connectivity index (χ1n) is 10.6. The number of unbranched alkanes of at least 4 members (excludes halogenated alkanes) is 8. The molecule has 0 aromatic heterocycles. The summed E-state index contributed by atoms with van der Waals surface area (Å²) in [6, 6.07) is -0.376. The quantitative estimate of drug-likeness (QED) is 0.225. The van der Waals surface area contributed by atoms with Gasteiger partial charge < -0.3 is 11.1 Å². The lowest BCUT2D eigenvalue weighted by atomic mass is 10.0. The highest BCUT2D eigenvalue weighted by Gasteiger charge is 2.18. The van der Waals surface area contributed by atoms with E-state index in [1.54, 1.807) is 6.92 Å². The molecule has 0 fully saturated rings. The summed E-state index contributed by atoms with van der Waals surface area (Å²) in [6.45, 7) is 6.43. The van der Waals surface area contributed by atoms with Gasteiger partial charge in [0.25, 0.3) is 0 Å². The van der Waals surface area contributed by atoms with Crippen LogP contribution in [0.5, 0.6) is 0 Å². The molecule has 0 spiro atoms. The van der Waals surface area contributed by atoms with Crippen LogP contribution < -0.4 is 11.1 Å². The molecule has 0 aliphatic heterocycles. The highest BCUT2D eigenvalue weighted by Crippen LogP contribution is 2.11. The number of nitrogens with one attached hydrogen (secondary N) is 1. The first kappa shape index (κ1) is 24.6. The van der Waals surface area contributed by atoms with Crippen molar-refractivity contribution in [2.24, 2.45) is 10.7 Å². The Balaban J connectivity index is 3.88. The topological polar surface area (TPSA) is 84.6 Å². The number of ketones is 1. The molecule has 0 heterocycles. The smallest absolute Gasteiger partial charge is 0.220 e. The number of carbonyl (C=O) groups excluding carboxylic acids is 2. The summed E-state index contributed by atoms with van der Waals surface area (Å²) in [5.41, 5.74) is 5.51. The Morgan fingerprint density at radius 2 is 1.50 bits per heavy atom. The number of Topliss-reactive ketones (excluding diaryl/α,β-unsaturated/α-hetero) is 1. The van der Waals surface area contributed by atoms with Gasteiger partial charge in [-0.3, -0.25) is 14.6 Å². The summed E-state index contributed by atoms with van der Waals surface area (Å²) in [5.74, 6) is 0.648. The Kier molecular flexibility index (Phi) is 16.1. The van der Waals surface area contributed by atoms with E-state index in [0.717, 1.165) is 19.3 Å². The Bertz CT molecular complexity index is 404. The van der Waals surface area contributed by atoms with Crippen molar-refractivity contribution >= 4 is 17.5 Å². The first-order valence-corrected chi connectivity index (χ1v) is 10.6. The summed E-state index contributed by atoms with van der Waals surface area (Å²) in [6.07, 6.45) is 13.4. The van der Waals surface area contributed by atoms with Crippen molar-refractivity contribution in [1.29, 1.82) is 0 Å². The lowest BCUT2D eigenvalue weighted by molar-refractivity contribution is -0.127. The van der Waals surface area contributed by atoms with E-state index in [0.29, 0.717) is 31.6 Å². The van der Waals surface area contributed by atoms with E-state index in [2.05, 4.69) is 17.2 Å². The van der Waals surface area contributed by atoms with Gasteiger partial charge in [0.2, 0.25) is 5.91 Å². The molecule has 5 nitrogen and oxygen atoms in total. The number of rotatable bonds is 17. The van der Waals surface area contributed by atoms with Gasteiger partial charge in [-0.1, -0.05) is 65.2 Å². The average Bonchev–Trinajstić information content (AvgIpc) is 2.62. The molecule has 0 bridgehead atoms. The van der Waals surface area contributed by atoms with E-state index < -0.39 is 0 Å². The van der Waals surface area contributed by atoms with Crippen LogP contribution in [0.15, 0.2) is 4.99 Å². The fourth-order valence-electron chi connectivity index (χ4n) is 2.97. The molecule has 26 heavy (non-hydrogen) atoms. The van der Waals surface area contributed by atoms with Crippen LogP contribution in [-0.4, -0.2) is 30.1 Å². The van der Waals surface area contributed by atoms with E-state index >= 15 is 0 Å². The fraction of sp³-hybridized carbons (Fsp3) is 0.857. The predicted octanol–water partition coefficient (Wildman–Crippen LogP) is 4.53. The van der Waals surface area contributed by atoms with Crippen LogP contribution in [-0.2, 0) is 9.59 Å². The van der Waals surface area contributed by atoms with Crippen molar-refractivity contribution in [2.45, 2.75) is 110 Å². The van der Waals surface area contributed by atoms with Gasteiger partial charge in [-0.25, -0.2) is 0 Å². The summed E-state index contributed by atoms with van der Waals surface area (Å²) in [4.78, 5) is 28.3. The standard InChI is InChI=1S/C21H41N3O2/c1-4-6-7-8-9-10-11-12-13-16-21(26)24-19(20(25)5-2)15-14-17-23-18(3)22/h19H,4-17H2,1-3H3,(H2,22,23)(H,24,26). The molecule has 0 aromatic rings. The zero-order valence-electron chi connectivity index (χ0n) is 17.3. The number of carbonyl (C=O) groups is 2. The lowest BCUT2D eigenvalue weighted by Gasteiger charge is -2.16. The summed E-state index contributed by atoms with van der Waals surface area (Å²) in [5, 5.41) is 2.91. The molecule has 3 N–H and O–H groups in total. The molecule has 1 atom stereocenters. The second kappa shape index (κ2) is 17.0. The Labute approximate surface area is 160 Å². The molecule has 0 aliphatic carbocycles. The van der Waals surface area contributed by atoms with E-state index in [9.17, 15) is 9.59 Å². The van der Waals surface area contributed by atoms with Crippen molar-refractivity contribution in [2.75, 3.05) is 6.54 Å². The molecule has 5 heteroatoms. The predicted molar refractivity (Wildman–Crippen MR) is 110 cm³/mol. The Morgan fingerprint density at radius 3 is 2.04 bits per heavy atom. The maximum absolute atomic E-state index is 12.1. The lowest BCUT2D eigenvalue weighted by Crippen LogP contribution is -2.40. The number of nitrogens with zero attached hydrogens (tertiary/aromatic N) is 1. The van der Waals surface area contributed by atoms with Crippen molar-refractivity contribution in [3.8, 4) is 0 Å².